The van der Waals surface area contributed by atoms with Crippen molar-refractivity contribution in [2.24, 2.45) is 5.41 Å². The van der Waals surface area contributed by atoms with Gasteiger partial charge in [0.2, 0.25) is 0 Å². The summed E-state index contributed by atoms with van der Waals surface area (Å²) in [5.41, 5.74) is 1.34. The summed E-state index contributed by atoms with van der Waals surface area (Å²) in [6.45, 7) is 9.97. The van der Waals surface area contributed by atoms with Crippen LogP contribution in [0.3, 0.4) is 0 Å². The van der Waals surface area contributed by atoms with E-state index >= 15 is 0 Å². The van der Waals surface area contributed by atoms with Crippen molar-refractivity contribution in [2.75, 3.05) is 6.54 Å². The SMILES string of the molecule is CCCNC(CC(C)(C)C)c1cnccn1. The molecule has 0 fully saturated rings. The van der Waals surface area contributed by atoms with Crippen LogP contribution in [0, 0.1) is 5.41 Å². The molecular weight excluding hydrogens is 198 g/mol. The van der Waals surface area contributed by atoms with E-state index in [4.69, 9.17) is 0 Å². The third-order valence-electron chi connectivity index (χ3n) is 2.40. The largest absolute Gasteiger partial charge is 0.309 e. The second kappa shape index (κ2) is 5.94. The first-order valence-corrected chi connectivity index (χ1v) is 6.02. The molecule has 90 valence electrons. The van der Waals surface area contributed by atoms with Gasteiger partial charge in [-0.15, -0.1) is 0 Å². The molecule has 0 aliphatic heterocycles. The highest BCUT2D eigenvalue weighted by Crippen LogP contribution is 2.28. The van der Waals surface area contributed by atoms with Gasteiger partial charge in [0, 0.05) is 18.6 Å². The maximum atomic E-state index is 4.39. The fraction of sp³-hybridized carbons (Fsp3) is 0.692. The molecule has 0 saturated heterocycles. The first-order chi connectivity index (χ1) is 7.53. The molecule has 16 heavy (non-hydrogen) atoms. The third-order valence-corrected chi connectivity index (χ3v) is 2.40. The minimum Gasteiger partial charge on any atom is -0.309 e. The average molecular weight is 221 g/mol. The fourth-order valence-electron chi connectivity index (χ4n) is 1.70. The number of aromatic nitrogens is 2. The van der Waals surface area contributed by atoms with Crippen LogP contribution in [-0.4, -0.2) is 16.5 Å². The molecule has 0 bridgehead atoms. The van der Waals surface area contributed by atoms with Crippen LogP contribution in [0.25, 0.3) is 0 Å². The van der Waals surface area contributed by atoms with Crippen molar-refractivity contribution in [1.29, 1.82) is 0 Å². The van der Waals surface area contributed by atoms with E-state index in [0.29, 0.717) is 11.5 Å². The summed E-state index contributed by atoms with van der Waals surface area (Å²) in [4.78, 5) is 8.53. The normalized spacial score (nSPS) is 13.8. The number of hydrogen-bond acceptors (Lipinski definition) is 3. The van der Waals surface area contributed by atoms with Crippen LogP contribution >= 0.6 is 0 Å². The van der Waals surface area contributed by atoms with Crippen molar-refractivity contribution in [1.82, 2.24) is 15.3 Å². The standard InChI is InChI=1S/C13H23N3/c1-5-6-15-11(9-13(2,3)4)12-10-14-7-8-16-12/h7-8,10-11,15H,5-6,9H2,1-4H3. The monoisotopic (exact) mass is 221 g/mol. The second-order valence-corrected chi connectivity index (χ2v) is 5.40. The van der Waals surface area contributed by atoms with E-state index in [-0.39, 0.29) is 0 Å². The van der Waals surface area contributed by atoms with Gasteiger partial charge in [-0.25, -0.2) is 0 Å². The third kappa shape index (κ3) is 4.71. The lowest BCUT2D eigenvalue weighted by atomic mass is 9.87. The number of rotatable bonds is 5. The molecule has 1 aromatic heterocycles. The van der Waals surface area contributed by atoms with Gasteiger partial charge in [0.05, 0.1) is 11.7 Å². The van der Waals surface area contributed by atoms with Crippen LogP contribution in [0.2, 0.25) is 0 Å². The smallest absolute Gasteiger partial charge is 0.0756 e. The van der Waals surface area contributed by atoms with E-state index in [1.165, 1.54) is 0 Å². The topological polar surface area (TPSA) is 37.8 Å². The van der Waals surface area contributed by atoms with Gasteiger partial charge >= 0.3 is 0 Å². The van der Waals surface area contributed by atoms with Crippen molar-refractivity contribution < 1.29 is 0 Å². The van der Waals surface area contributed by atoms with Crippen molar-refractivity contribution in [2.45, 2.75) is 46.6 Å². The predicted molar refractivity (Wildman–Crippen MR) is 67.1 cm³/mol. The first-order valence-electron chi connectivity index (χ1n) is 6.02. The zero-order valence-corrected chi connectivity index (χ0v) is 10.8. The van der Waals surface area contributed by atoms with E-state index in [1.54, 1.807) is 12.4 Å². The number of nitrogens with one attached hydrogen (secondary N) is 1. The molecule has 1 rings (SSSR count). The van der Waals surface area contributed by atoms with Gasteiger partial charge in [-0.05, 0) is 24.8 Å². The van der Waals surface area contributed by atoms with Crippen LogP contribution < -0.4 is 5.32 Å². The Balaban J connectivity index is 2.71. The summed E-state index contributed by atoms with van der Waals surface area (Å²) >= 11 is 0. The summed E-state index contributed by atoms with van der Waals surface area (Å²) < 4.78 is 0. The Bertz CT molecular complexity index is 290. The summed E-state index contributed by atoms with van der Waals surface area (Å²) in [6.07, 6.45) is 7.56. The van der Waals surface area contributed by atoms with E-state index in [0.717, 1.165) is 25.1 Å². The zero-order chi connectivity index (χ0) is 12.0. The molecule has 1 atom stereocenters. The van der Waals surface area contributed by atoms with Crippen LogP contribution in [0.1, 0.15) is 52.3 Å². The molecule has 1 heterocycles. The zero-order valence-electron chi connectivity index (χ0n) is 10.8. The summed E-state index contributed by atoms with van der Waals surface area (Å²) in [7, 11) is 0. The van der Waals surface area contributed by atoms with Crippen molar-refractivity contribution in [3.63, 3.8) is 0 Å². The fourth-order valence-corrected chi connectivity index (χ4v) is 1.70. The van der Waals surface area contributed by atoms with Crippen LogP contribution in [0.4, 0.5) is 0 Å². The van der Waals surface area contributed by atoms with Crippen LogP contribution in [-0.2, 0) is 0 Å². The van der Waals surface area contributed by atoms with Crippen molar-refractivity contribution in [3.8, 4) is 0 Å². The maximum absolute atomic E-state index is 4.39. The summed E-state index contributed by atoms with van der Waals surface area (Å²) in [6, 6.07) is 0.314. The summed E-state index contributed by atoms with van der Waals surface area (Å²) in [5, 5.41) is 3.54. The average Bonchev–Trinajstić information content (AvgIpc) is 2.24. The molecule has 0 aromatic carbocycles. The van der Waals surface area contributed by atoms with Crippen molar-refractivity contribution in [3.05, 3.63) is 24.3 Å². The highest BCUT2D eigenvalue weighted by molar-refractivity contribution is 5.03. The molecular formula is C13H23N3. The highest BCUT2D eigenvalue weighted by atomic mass is 14.9. The van der Waals surface area contributed by atoms with E-state index in [1.807, 2.05) is 6.20 Å². The Morgan fingerprint density at radius 3 is 2.56 bits per heavy atom. The van der Waals surface area contributed by atoms with Gasteiger partial charge in [-0.2, -0.15) is 0 Å². The molecule has 0 radical (unpaired) electrons. The van der Waals surface area contributed by atoms with Gasteiger partial charge in [0.25, 0.3) is 0 Å². The van der Waals surface area contributed by atoms with Crippen LogP contribution in [0.15, 0.2) is 18.6 Å². The molecule has 3 nitrogen and oxygen atoms in total. The molecule has 3 heteroatoms. The van der Waals surface area contributed by atoms with Crippen molar-refractivity contribution >= 4 is 0 Å². The predicted octanol–water partition coefficient (Wildman–Crippen LogP) is 2.95. The highest BCUT2D eigenvalue weighted by Gasteiger charge is 2.20. The molecule has 1 aromatic rings. The lowest BCUT2D eigenvalue weighted by Crippen LogP contribution is -2.27. The van der Waals surface area contributed by atoms with Gasteiger partial charge in [0.1, 0.15) is 0 Å². The Morgan fingerprint density at radius 2 is 2.06 bits per heavy atom. The quantitative estimate of drug-likeness (QED) is 0.830. The van der Waals surface area contributed by atoms with Gasteiger partial charge in [-0.1, -0.05) is 27.7 Å². The van der Waals surface area contributed by atoms with Gasteiger partial charge < -0.3 is 5.32 Å². The Kier molecular flexibility index (Phi) is 4.87. The number of nitrogens with zero attached hydrogens (tertiary/aromatic N) is 2. The van der Waals surface area contributed by atoms with Gasteiger partial charge in [0.15, 0.2) is 0 Å². The molecule has 0 aliphatic rings. The van der Waals surface area contributed by atoms with E-state index in [2.05, 4.69) is 43.0 Å². The molecule has 0 amide bonds. The van der Waals surface area contributed by atoms with Gasteiger partial charge in [-0.3, -0.25) is 9.97 Å². The molecule has 0 aliphatic carbocycles. The Morgan fingerprint density at radius 1 is 1.31 bits per heavy atom. The minimum absolute atomic E-state index is 0.295. The van der Waals surface area contributed by atoms with Crippen LogP contribution in [0.5, 0.6) is 0 Å². The molecule has 1 unspecified atom stereocenters. The first kappa shape index (κ1) is 13.1. The molecule has 0 spiro atoms. The number of hydrogen-bond donors (Lipinski definition) is 1. The lowest BCUT2D eigenvalue weighted by molar-refractivity contribution is 0.308. The lowest BCUT2D eigenvalue weighted by Gasteiger charge is -2.26. The van der Waals surface area contributed by atoms with E-state index < -0.39 is 0 Å². The maximum Gasteiger partial charge on any atom is 0.0756 e. The summed E-state index contributed by atoms with van der Waals surface area (Å²) in [5.74, 6) is 0. The minimum atomic E-state index is 0.295. The Hall–Kier alpha value is -0.960. The molecule has 1 N–H and O–H groups in total. The molecule has 0 saturated carbocycles. The second-order valence-electron chi connectivity index (χ2n) is 5.40. The van der Waals surface area contributed by atoms with E-state index in [9.17, 15) is 0 Å². The Labute approximate surface area is 98.7 Å².